The minimum Gasteiger partial charge on any atom is -0.373 e. The predicted molar refractivity (Wildman–Crippen MR) is 102 cm³/mol. The fourth-order valence-electron chi connectivity index (χ4n) is 3.25. The normalized spacial score (nSPS) is 17.0. The zero-order valence-corrected chi connectivity index (χ0v) is 15.6. The molecule has 0 radical (unpaired) electrons. The average molecular weight is 356 g/mol. The van der Waals surface area contributed by atoms with Gasteiger partial charge in [-0.05, 0) is 36.8 Å². The number of guanidine groups is 1. The Balaban J connectivity index is 1.35. The molecule has 0 amide bonds. The number of fused-ring (bicyclic) bond motifs is 1. The Morgan fingerprint density at radius 1 is 1.35 bits per heavy atom. The van der Waals surface area contributed by atoms with Gasteiger partial charge in [-0.1, -0.05) is 24.3 Å². The highest BCUT2D eigenvalue weighted by molar-refractivity contribution is 5.79. The third-order valence-corrected chi connectivity index (χ3v) is 4.69. The zero-order valence-electron chi connectivity index (χ0n) is 15.6. The fraction of sp³-hybridized carbons (Fsp3) is 0.526. The maximum absolute atomic E-state index is 6.14. The molecule has 140 valence electrons. The highest BCUT2D eigenvalue weighted by atomic mass is 16.5. The lowest BCUT2D eigenvalue weighted by molar-refractivity contribution is 0.0398. The van der Waals surface area contributed by atoms with Gasteiger partial charge in [-0.15, -0.1) is 0 Å². The smallest absolute Gasteiger partial charge is 0.191 e. The molecular formula is C19H28N6O. The van der Waals surface area contributed by atoms with Gasteiger partial charge in [-0.25, -0.2) is 4.98 Å². The van der Waals surface area contributed by atoms with Crippen molar-refractivity contribution in [2.75, 3.05) is 20.2 Å². The molecule has 26 heavy (non-hydrogen) atoms. The molecule has 1 aromatic carbocycles. The highest BCUT2D eigenvalue weighted by Gasteiger charge is 2.19. The van der Waals surface area contributed by atoms with E-state index in [0.29, 0.717) is 6.54 Å². The lowest BCUT2D eigenvalue weighted by Gasteiger charge is -2.25. The summed E-state index contributed by atoms with van der Waals surface area (Å²) in [5, 5.41) is 10.6. The molecule has 0 saturated carbocycles. The van der Waals surface area contributed by atoms with E-state index in [0.717, 1.165) is 37.8 Å². The Labute approximate surface area is 154 Å². The molecule has 0 saturated heterocycles. The fourth-order valence-corrected chi connectivity index (χ4v) is 3.25. The zero-order chi connectivity index (χ0) is 18.2. The van der Waals surface area contributed by atoms with Crippen molar-refractivity contribution in [3.63, 3.8) is 0 Å². The summed E-state index contributed by atoms with van der Waals surface area (Å²) >= 11 is 0. The maximum atomic E-state index is 6.14. The number of ether oxygens (including phenoxy) is 1. The second kappa shape index (κ2) is 9.33. The summed E-state index contributed by atoms with van der Waals surface area (Å²) in [5.74, 6) is 1.63. The van der Waals surface area contributed by atoms with E-state index in [9.17, 15) is 0 Å². The summed E-state index contributed by atoms with van der Waals surface area (Å²) in [7, 11) is 3.64. The molecule has 2 N–H and O–H groups in total. The number of nitrogens with zero attached hydrogens (tertiary/aromatic N) is 4. The topological polar surface area (TPSA) is 76.4 Å². The summed E-state index contributed by atoms with van der Waals surface area (Å²) < 4.78 is 7.88. The first-order chi connectivity index (χ1) is 12.8. The molecular weight excluding hydrogens is 328 g/mol. The lowest BCUT2D eigenvalue weighted by Crippen LogP contribution is -2.38. The minimum atomic E-state index is 0.244. The summed E-state index contributed by atoms with van der Waals surface area (Å²) in [4.78, 5) is 8.42. The van der Waals surface area contributed by atoms with Crippen LogP contribution in [0, 0.1) is 0 Å². The number of hydrogen-bond donors (Lipinski definition) is 2. The standard InChI is InChI=1S/C19H28N6O/c1-20-19(22-13-18-23-14-24-25(18)2)21-11-6-12-26-17-10-5-8-15-7-3-4-9-16(15)17/h3-4,7,9,14,17H,5-6,8,10-13H2,1-2H3,(H2,20,21,22). The van der Waals surface area contributed by atoms with Gasteiger partial charge in [0, 0.05) is 27.2 Å². The molecule has 0 spiro atoms. The number of benzene rings is 1. The Morgan fingerprint density at radius 2 is 2.23 bits per heavy atom. The van der Waals surface area contributed by atoms with Crippen LogP contribution in [0.2, 0.25) is 0 Å². The molecule has 1 atom stereocenters. The van der Waals surface area contributed by atoms with Crippen LogP contribution < -0.4 is 10.6 Å². The molecule has 1 heterocycles. The first-order valence-electron chi connectivity index (χ1n) is 9.24. The monoisotopic (exact) mass is 356 g/mol. The van der Waals surface area contributed by atoms with E-state index in [2.05, 4.69) is 50.0 Å². The van der Waals surface area contributed by atoms with Crippen LogP contribution in [0.5, 0.6) is 0 Å². The van der Waals surface area contributed by atoms with Crippen LogP contribution in [0.3, 0.4) is 0 Å². The van der Waals surface area contributed by atoms with Gasteiger partial charge in [0.25, 0.3) is 0 Å². The molecule has 0 bridgehead atoms. The largest absolute Gasteiger partial charge is 0.373 e. The Hall–Kier alpha value is -2.41. The van der Waals surface area contributed by atoms with E-state index in [1.807, 2.05) is 7.05 Å². The van der Waals surface area contributed by atoms with Crippen molar-refractivity contribution in [2.45, 2.75) is 38.3 Å². The van der Waals surface area contributed by atoms with E-state index in [1.165, 1.54) is 24.0 Å². The Kier molecular flexibility index (Phi) is 6.60. The number of aliphatic imine (C=N–C) groups is 1. The van der Waals surface area contributed by atoms with Crippen LogP contribution in [-0.4, -0.2) is 40.9 Å². The molecule has 0 fully saturated rings. The van der Waals surface area contributed by atoms with Crippen molar-refractivity contribution in [1.29, 1.82) is 0 Å². The molecule has 1 aliphatic carbocycles. The van der Waals surface area contributed by atoms with Gasteiger partial charge in [0.15, 0.2) is 5.96 Å². The number of nitrogens with one attached hydrogen (secondary N) is 2. The molecule has 7 heteroatoms. The second-order valence-electron chi connectivity index (χ2n) is 6.46. The van der Waals surface area contributed by atoms with Crippen molar-refractivity contribution < 1.29 is 4.74 Å². The van der Waals surface area contributed by atoms with E-state index >= 15 is 0 Å². The average Bonchev–Trinajstić information content (AvgIpc) is 3.09. The van der Waals surface area contributed by atoms with E-state index in [4.69, 9.17) is 4.74 Å². The summed E-state index contributed by atoms with van der Waals surface area (Å²) in [6.07, 6.45) is 6.22. The summed E-state index contributed by atoms with van der Waals surface area (Å²) in [5.41, 5.74) is 2.81. The van der Waals surface area contributed by atoms with Crippen molar-refractivity contribution in [3.05, 3.63) is 47.5 Å². The maximum Gasteiger partial charge on any atom is 0.191 e. The van der Waals surface area contributed by atoms with E-state index < -0.39 is 0 Å². The van der Waals surface area contributed by atoms with Gasteiger partial charge in [-0.2, -0.15) is 5.10 Å². The molecule has 3 rings (SSSR count). The summed E-state index contributed by atoms with van der Waals surface area (Å²) in [6.45, 7) is 2.14. The van der Waals surface area contributed by atoms with Gasteiger partial charge < -0.3 is 15.4 Å². The molecule has 1 aromatic heterocycles. The molecule has 7 nitrogen and oxygen atoms in total. The molecule has 2 aromatic rings. The number of aromatic nitrogens is 3. The van der Waals surface area contributed by atoms with Crippen LogP contribution in [0.15, 0.2) is 35.6 Å². The number of hydrogen-bond acceptors (Lipinski definition) is 4. The minimum absolute atomic E-state index is 0.244. The van der Waals surface area contributed by atoms with Gasteiger partial charge in [0.2, 0.25) is 0 Å². The van der Waals surface area contributed by atoms with Crippen molar-refractivity contribution in [3.8, 4) is 0 Å². The quantitative estimate of drug-likeness (QED) is 0.451. The predicted octanol–water partition coefficient (Wildman–Crippen LogP) is 1.96. The lowest BCUT2D eigenvalue weighted by atomic mass is 9.89. The molecule has 1 aliphatic rings. The molecule has 0 aliphatic heterocycles. The Bertz CT molecular complexity index is 726. The first-order valence-corrected chi connectivity index (χ1v) is 9.24. The van der Waals surface area contributed by atoms with Crippen molar-refractivity contribution in [2.24, 2.45) is 12.0 Å². The van der Waals surface area contributed by atoms with E-state index in [-0.39, 0.29) is 6.10 Å². The van der Waals surface area contributed by atoms with Gasteiger partial charge in [0.1, 0.15) is 12.2 Å². The number of rotatable bonds is 7. The van der Waals surface area contributed by atoms with Crippen LogP contribution in [0.25, 0.3) is 0 Å². The highest BCUT2D eigenvalue weighted by Crippen LogP contribution is 2.32. The SMILES string of the molecule is CN=C(NCCCOC1CCCc2ccccc21)NCc1ncnn1C. The third-order valence-electron chi connectivity index (χ3n) is 4.69. The van der Waals surface area contributed by atoms with Crippen LogP contribution in [0.1, 0.15) is 42.3 Å². The Morgan fingerprint density at radius 3 is 3.04 bits per heavy atom. The van der Waals surface area contributed by atoms with Crippen LogP contribution in [0.4, 0.5) is 0 Å². The van der Waals surface area contributed by atoms with Crippen LogP contribution in [-0.2, 0) is 24.8 Å². The third kappa shape index (κ3) is 4.82. The van der Waals surface area contributed by atoms with E-state index in [1.54, 1.807) is 18.1 Å². The molecule has 1 unspecified atom stereocenters. The van der Waals surface area contributed by atoms with Crippen molar-refractivity contribution >= 4 is 5.96 Å². The summed E-state index contributed by atoms with van der Waals surface area (Å²) in [6, 6.07) is 8.65. The van der Waals surface area contributed by atoms with Crippen molar-refractivity contribution in [1.82, 2.24) is 25.4 Å². The first kappa shape index (κ1) is 18.4. The van der Waals surface area contributed by atoms with Crippen LogP contribution >= 0.6 is 0 Å². The van der Waals surface area contributed by atoms with Gasteiger partial charge in [0.05, 0.1) is 12.6 Å². The number of aryl methyl sites for hydroxylation is 2. The van der Waals surface area contributed by atoms with Gasteiger partial charge in [-0.3, -0.25) is 9.67 Å². The van der Waals surface area contributed by atoms with Gasteiger partial charge >= 0.3 is 0 Å². The second-order valence-corrected chi connectivity index (χ2v) is 6.46.